The highest BCUT2D eigenvalue weighted by atomic mass is 32.2. The van der Waals surface area contributed by atoms with E-state index in [0.29, 0.717) is 5.56 Å². The Morgan fingerprint density at radius 1 is 1.18 bits per heavy atom. The lowest BCUT2D eigenvalue weighted by Gasteiger charge is -1.93. The van der Waals surface area contributed by atoms with E-state index in [-0.39, 0.29) is 11.5 Å². The van der Waals surface area contributed by atoms with Gasteiger partial charge in [0.2, 0.25) is 0 Å². The first-order valence-electron chi connectivity index (χ1n) is 3.08. The van der Waals surface area contributed by atoms with Crippen molar-refractivity contribution in [3.8, 4) is 5.75 Å². The fraction of sp³-hybridized carbons (Fsp3) is 0.143. The summed E-state index contributed by atoms with van der Waals surface area (Å²) in [6.45, 7) is 0. The predicted molar refractivity (Wildman–Crippen MR) is 42.1 cm³/mol. The van der Waals surface area contributed by atoms with Gasteiger partial charge in [0.1, 0.15) is 16.5 Å². The zero-order chi connectivity index (χ0) is 8.27. The van der Waals surface area contributed by atoms with Gasteiger partial charge < -0.3 is 5.11 Å². The van der Waals surface area contributed by atoms with Crippen molar-refractivity contribution in [2.45, 2.75) is 5.75 Å². The summed E-state index contributed by atoms with van der Waals surface area (Å²) in [7, 11) is -2.37. The normalized spacial score (nSPS) is 10.3. The molecule has 60 valence electrons. The van der Waals surface area contributed by atoms with Gasteiger partial charge in [-0.2, -0.15) is 0 Å². The molecule has 0 bridgehead atoms. The van der Waals surface area contributed by atoms with Gasteiger partial charge in [-0.1, -0.05) is 12.1 Å². The fourth-order valence-corrected chi connectivity index (χ4v) is 1.26. The lowest BCUT2D eigenvalue weighted by molar-refractivity contribution is 0.475. The Kier molecular flexibility index (Phi) is 2.48. The van der Waals surface area contributed by atoms with Gasteiger partial charge in [-0.25, -0.2) is 8.42 Å². The van der Waals surface area contributed by atoms with E-state index in [2.05, 4.69) is 0 Å². The molecule has 0 heterocycles. The molecule has 0 saturated carbocycles. The number of benzene rings is 1. The van der Waals surface area contributed by atoms with Crippen LogP contribution < -0.4 is 0 Å². The molecule has 1 aromatic rings. The molecule has 0 spiro atoms. The second kappa shape index (κ2) is 3.39. The van der Waals surface area contributed by atoms with Crippen LogP contribution in [0.2, 0.25) is 0 Å². The van der Waals surface area contributed by atoms with Crippen molar-refractivity contribution in [2.75, 3.05) is 0 Å². The molecule has 0 radical (unpaired) electrons. The summed E-state index contributed by atoms with van der Waals surface area (Å²) in [4.78, 5) is 0. The van der Waals surface area contributed by atoms with Gasteiger partial charge in [0.25, 0.3) is 0 Å². The fourth-order valence-electron chi connectivity index (χ4n) is 0.750. The molecular formula is C7H8O3S. The number of hydrogen-bond acceptors (Lipinski definition) is 3. The predicted octanol–water partition coefficient (Wildman–Crippen LogP) is 0.504. The number of phenols is 1. The van der Waals surface area contributed by atoms with E-state index in [1.54, 1.807) is 12.1 Å². The maximum Gasteiger partial charge on any atom is 0.144 e. The maximum absolute atomic E-state index is 10.2. The Hall–Kier alpha value is -1.03. The molecule has 4 heteroatoms. The summed E-state index contributed by atoms with van der Waals surface area (Å²) in [6.07, 6.45) is 0. The van der Waals surface area contributed by atoms with Gasteiger partial charge in [-0.3, -0.25) is 0 Å². The Morgan fingerprint density at radius 2 is 1.73 bits per heavy atom. The first-order chi connectivity index (χ1) is 5.18. The van der Waals surface area contributed by atoms with Crippen LogP contribution in [0, 0.1) is 0 Å². The Balaban J connectivity index is 2.82. The second-order valence-electron chi connectivity index (χ2n) is 2.16. The smallest absolute Gasteiger partial charge is 0.144 e. The third kappa shape index (κ3) is 2.59. The summed E-state index contributed by atoms with van der Waals surface area (Å²) in [5, 5.41) is 8.84. The summed E-state index contributed by atoms with van der Waals surface area (Å²) in [5.41, 5.74) is 0.693. The summed E-state index contributed by atoms with van der Waals surface area (Å²) in [5.74, 6) is 0.185. The van der Waals surface area contributed by atoms with E-state index in [0.717, 1.165) is 0 Å². The number of thiol groups is 1. The highest BCUT2D eigenvalue weighted by Gasteiger charge is 1.93. The quantitative estimate of drug-likeness (QED) is 0.639. The number of aromatic hydroxyl groups is 1. The number of hydrogen-bond donors (Lipinski definition) is 2. The summed E-state index contributed by atoms with van der Waals surface area (Å²) in [6, 6.07) is 6.10. The molecule has 3 nitrogen and oxygen atoms in total. The largest absolute Gasteiger partial charge is 0.508 e. The van der Waals surface area contributed by atoms with Crippen molar-refractivity contribution in [1.82, 2.24) is 0 Å². The van der Waals surface area contributed by atoms with Crippen molar-refractivity contribution < 1.29 is 13.5 Å². The molecule has 1 aromatic carbocycles. The topological polar surface area (TPSA) is 54.4 Å². The molecule has 0 aliphatic heterocycles. The Labute approximate surface area is 66.2 Å². The van der Waals surface area contributed by atoms with Crippen LogP contribution in [0.3, 0.4) is 0 Å². The number of phenolic OH excluding ortho intramolecular Hbond substituents is 1. The van der Waals surface area contributed by atoms with Gasteiger partial charge in [0.05, 0.1) is 5.75 Å². The van der Waals surface area contributed by atoms with Crippen molar-refractivity contribution in [2.24, 2.45) is 0 Å². The molecule has 11 heavy (non-hydrogen) atoms. The lowest BCUT2D eigenvalue weighted by Crippen LogP contribution is -1.84. The third-order valence-electron chi connectivity index (χ3n) is 1.25. The van der Waals surface area contributed by atoms with Gasteiger partial charge >= 0.3 is 0 Å². The molecule has 0 unspecified atom stereocenters. The van der Waals surface area contributed by atoms with Crippen molar-refractivity contribution in [3.63, 3.8) is 0 Å². The molecule has 0 amide bonds. The molecule has 0 atom stereocenters. The van der Waals surface area contributed by atoms with Crippen LogP contribution in [-0.2, 0) is 16.5 Å². The first-order valence-corrected chi connectivity index (χ1v) is 4.44. The van der Waals surface area contributed by atoms with E-state index in [9.17, 15) is 8.42 Å². The molecule has 0 fully saturated rings. The first kappa shape index (κ1) is 8.07. The van der Waals surface area contributed by atoms with Crippen LogP contribution in [0.25, 0.3) is 0 Å². The summed E-state index contributed by atoms with van der Waals surface area (Å²) >= 11 is 0. The maximum atomic E-state index is 10.2. The van der Waals surface area contributed by atoms with Crippen molar-refractivity contribution >= 4 is 10.7 Å². The molecule has 0 aliphatic rings. The van der Waals surface area contributed by atoms with Crippen molar-refractivity contribution in [1.29, 1.82) is 0 Å². The van der Waals surface area contributed by atoms with Gasteiger partial charge in [-0.15, -0.1) is 0 Å². The average molecular weight is 172 g/mol. The van der Waals surface area contributed by atoms with Gasteiger partial charge in [0.15, 0.2) is 0 Å². The SMILES string of the molecule is O=[SH](=O)Cc1ccc(O)cc1. The standard InChI is InChI=1S/C7H8O3S/c8-7-3-1-6(2-4-7)5-11(9)10/h1-4,8,11H,5H2. The zero-order valence-electron chi connectivity index (χ0n) is 5.73. The molecular weight excluding hydrogens is 164 g/mol. The Morgan fingerprint density at radius 3 is 2.18 bits per heavy atom. The van der Waals surface area contributed by atoms with E-state index in [4.69, 9.17) is 5.11 Å². The minimum atomic E-state index is -2.37. The highest BCUT2D eigenvalue weighted by molar-refractivity contribution is 7.71. The van der Waals surface area contributed by atoms with Gasteiger partial charge in [0, 0.05) is 0 Å². The monoisotopic (exact) mass is 172 g/mol. The zero-order valence-corrected chi connectivity index (χ0v) is 6.62. The van der Waals surface area contributed by atoms with Crippen LogP contribution in [0.15, 0.2) is 24.3 Å². The molecule has 1 rings (SSSR count). The molecule has 0 saturated heterocycles. The highest BCUT2D eigenvalue weighted by Crippen LogP contribution is 2.09. The molecule has 0 aliphatic carbocycles. The van der Waals surface area contributed by atoms with Gasteiger partial charge in [-0.05, 0) is 17.7 Å². The van der Waals surface area contributed by atoms with Crippen LogP contribution in [0.4, 0.5) is 0 Å². The third-order valence-corrected chi connectivity index (χ3v) is 1.87. The lowest BCUT2D eigenvalue weighted by atomic mass is 10.2. The Bertz CT molecular complexity index is 292. The van der Waals surface area contributed by atoms with Crippen LogP contribution in [0.5, 0.6) is 5.75 Å². The minimum Gasteiger partial charge on any atom is -0.508 e. The molecule has 0 aromatic heterocycles. The molecule has 1 N–H and O–H groups in total. The van der Waals surface area contributed by atoms with E-state index in [1.807, 2.05) is 0 Å². The van der Waals surface area contributed by atoms with E-state index < -0.39 is 10.7 Å². The van der Waals surface area contributed by atoms with Crippen LogP contribution in [0.1, 0.15) is 5.56 Å². The average Bonchev–Trinajstić information content (AvgIpc) is 1.93. The summed E-state index contributed by atoms with van der Waals surface area (Å²) < 4.78 is 20.5. The minimum absolute atomic E-state index is 0.0373. The van der Waals surface area contributed by atoms with E-state index in [1.165, 1.54) is 12.1 Å². The second-order valence-corrected chi connectivity index (χ2v) is 3.14. The van der Waals surface area contributed by atoms with Crippen LogP contribution in [-0.4, -0.2) is 13.5 Å². The van der Waals surface area contributed by atoms with Crippen molar-refractivity contribution in [3.05, 3.63) is 29.8 Å². The number of rotatable bonds is 2. The van der Waals surface area contributed by atoms with E-state index >= 15 is 0 Å². The van der Waals surface area contributed by atoms with Crippen LogP contribution >= 0.6 is 0 Å².